The van der Waals surface area contributed by atoms with Crippen LogP contribution in [0.3, 0.4) is 0 Å². The number of ether oxygens (including phenoxy) is 2. The Morgan fingerprint density at radius 1 is 1.44 bits per heavy atom. The Labute approximate surface area is 104 Å². The Bertz CT molecular complexity index is 604. The molecule has 0 saturated carbocycles. The van der Waals surface area contributed by atoms with Crippen molar-refractivity contribution in [2.24, 2.45) is 0 Å². The van der Waals surface area contributed by atoms with Gasteiger partial charge in [-0.2, -0.15) is 0 Å². The first-order valence-electron chi connectivity index (χ1n) is 5.67. The zero-order chi connectivity index (χ0) is 12.5. The second-order valence-corrected chi connectivity index (χ2v) is 3.98. The molecule has 5 nitrogen and oxygen atoms in total. The topological polar surface area (TPSA) is 53.4 Å². The maximum absolute atomic E-state index is 11.5. The minimum atomic E-state index is -0.422. The fraction of sp³-hybridized carbons (Fsp3) is 0.231. The fourth-order valence-electron chi connectivity index (χ4n) is 2.04. The number of carbonyl (C=O) groups excluding carboxylic acids is 1. The average Bonchev–Trinajstić information content (AvgIpc) is 2.75. The van der Waals surface area contributed by atoms with Crippen molar-refractivity contribution in [1.82, 2.24) is 9.55 Å². The molecule has 0 spiro atoms. The van der Waals surface area contributed by atoms with Crippen LogP contribution >= 0.6 is 0 Å². The highest BCUT2D eigenvalue weighted by Gasteiger charge is 2.20. The first-order valence-corrected chi connectivity index (χ1v) is 5.67. The lowest BCUT2D eigenvalue weighted by Gasteiger charge is -2.04. The molecule has 92 valence electrons. The molecule has 0 fully saturated rings. The van der Waals surface area contributed by atoms with Gasteiger partial charge in [0.15, 0.2) is 5.69 Å². The third-order valence-electron chi connectivity index (χ3n) is 2.89. The van der Waals surface area contributed by atoms with E-state index in [2.05, 4.69) is 9.72 Å². The number of fused-ring (bicyclic) bond motifs is 3. The van der Waals surface area contributed by atoms with Crippen molar-refractivity contribution >= 4 is 5.97 Å². The summed E-state index contributed by atoms with van der Waals surface area (Å²) >= 11 is 0. The molecule has 2 heterocycles. The molecule has 2 aromatic rings. The van der Waals surface area contributed by atoms with Crippen LogP contribution < -0.4 is 4.74 Å². The van der Waals surface area contributed by atoms with Crippen LogP contribution in [0.15, 0.2) is 30.5 Å². The lowest BCUT2D eigenvalue weighted by Crippen LogP contribution is -2.05. The largest absolute Gasteiger partial charge is 0.491 e. The Morgan fingerprint density at radius 2 is 2.28 bits per heavy atom. The number of esters is 1. The highest BCUT2D eigenvalue weighted by atomic mass is 16.5. The quantitative estimate of drug-likeness (QED) is 0.717. The molecular formula is C13H12N2O3. The van der Waals surface area contributed by atoms with E-state index in [0.717, 1.165) is 17.1 Å². The summed E-state index contributed by atoms with van der Waals surface area (Å²) in [6.07, 6.45) is 1.70. The maximum atomic E-state index is 11.5. The molecule has 0 amide bonds. The van der Waals surface area contributed by atoms with Gasteiger partial charge in [-0.05, 0) is 12.1 Å². The number of nitrogens with zero attached hydrogens (tertiary/aromatic N) is 2. The van der Waals surface area contributed by atoms with E-state index in [1.54, 1.807) is 6.20 Å². The summed E-state index contributed by atoms with van der Waals surface area (Å²) in [7, 11) is 1.35. The van der Waals surface area contributed by atoms with E-state index in [1.807, 2.05) is 28.8 Å². The molecule has 1 aromatic carbocycles. The van der Waals surface area contributed by atoms with Crippen molar-refractivity contribution in [2.45, 2.75) is 6.54 Å². The molecule has 0 saturated heterocycles. The molecule has 1 aromatic heterocycles. The second kappa shape index (κ2) is 4.18. The Kier molecular flexibility index (Phi) is 2.51. The number of para-hydroxylation sites is 1. The fourth-order valence-corrected chi connectivity index (χ4v) is 2.04. The standard InChI is InChI=1S/C13H12N2O3/c1-17-13(16)10-8-15-6-7-18-11-5-3-2-4-9(11)12(15)14-10/h2-5,8H,6-7H2,1H3. The summed E-state index contributed by atoms with van der Waals surface area (Å²) in [5.41, 5.74) is 1.22. The van der Waals surface area contributed by atoms with E-state index in [1.165, 1.54) is 7.11 Å². The molecular weight excluding hydrogens is 232 g/mol. The zero-order valence-corrected chi connectivity index (χ0v) is 9.92. The summed E-state index contributed by atoms with van der Waals surface area (Å²) in [5, 5.41) is 0. The van der Waals surface area contributed by atoms with Crippen molar-refractivity contribution in [3.05, 3.63) is 36.2 Å². The molecule has 18 heavy (non-hydrogen) atoms. The van der Waals surface area contributed by atoms with Crippen molar-refractivity contribution < 1.29 is 14.3 Å². The Balaban J connectivity index is 2.15. The monoisotopic (exact) mass is 244 g/mol. The third kappa shape index (κ3) is 1.64. The van der Waals surface area contributed by atoms with Gasteiger partial charge in [0.2, 0.25) is 0 Å². The van der Waals surface area contributed by atoms with E-state index in [0.29, 0.717) is 18.8 Å². The number of aromatic nitrogens is 2. The van der Waals surface area contributed by atoms with Gasteiger partial charge in [0.05, 0.1) is 19.2 Å². The van der Waals surface area contributed by atoms with Crippen LogP contribution in [0, 0.1) is 0 Å². The molecule has 3 rings (SSSR count). The van der Waals surface area contributed by atoms with Gasteiger partial charge in [0, 0.05) is 6.20 Å². The smallest absolute Gasteiger partial charge is 0.358 e. The first-order chi connectivity index (χ1) is 8.79. The molecule has 0 N–H and O–H groups in total. The van der Waals surface area contributed by atoms with Crippen molar-refractivity contribution in [3.63, 3.8) is 0 Å². The normalized spacial score (nSPS) is 12.9. The van der Waals surface area contributed by atoms with Gasteiger partial charge in [0.1, 0.15) is 18.2 Å². The average molecular weight is 244 g/mol. The minimum absolute atomic E-state index is 0.323. The molecule has 5 heteroatoms. The number of imidazole rings is 1. The predicted octanol–water partition coefficient (Wildman–Crippen LogP) is 1.73. The van der Waals surface area contributed by atoms with Crippen LogP contribution in [-0.2, 0) is 11.3 Å². The van der Waals surface area contributed by atoms with Gasteiger partial charge in [-0.3, -0.25) is 0 Å². The second-order valence-electron chi connectivity index (χ2n) is 3.98. The minimum Gasteiger partial charge on any atom is -0.491 e. The van der Waals surface area contributed by atoms with Gasteiger partial charge in [-0.25, -0.2) is 9.78 Å². The maximum Gasteiger partial charge on any atom is 0.358 e. The van der Waals surface area contributed by atoms with Gasteiger partial charge >= 0.3 is 5.97 Å². The number of hydrogen-bond acceptors (Lipinski definition) is 4. The van der Waals surface area contributed by atoms with Crippen LogP contribution in [-0.4, -0.2) is 29.2 Å². The van der Waals surface area contributed by atoms with Crippen LogP contribution in [0.2, 0.25) is 0 Å². The van der Waals surface area contributed by atoms with Gasteiger partial charge in [-0.1, -0.05) is 12.1 Å². The van der Waals surface area contributed by atoms with E-state index in [4.69, 9.17) is 4.74 Å². The van der Waals surface area contributed by atoms with Crippen LogP contribution in [0.4, 0.5) is 0 Å². The Morgan fingerprint density at radius 3 is 3.11 bits per heavy atom. The Hall–Kier alpha value is -2.30. The zero-order valence-electron chi connectivity index (χ0n) is 9.92. The predicted molar refractivity (Wildman–Crippen MR) is 64.5 cm³/mol. The first kappa shape index (κ1) is 10.8. The van der Waals surface area contributed by atoms with Gasteiger partial charge in [0.25, 0.3) is 0 Å². The SMILES string of the molecule is COC(=O)c1cn2c(n1)-c1ccccc1OCC2. The highest BCUT2D eigenvalue weighted by molar-refractivity contribution is 5.88. The number of hydrogen-bond donors (Lipinski definition) is 0. The van der Waals surface area contributed by atoms with Crippen molar-refractivity contribution in [3.8, 4) is 17.1 Å². The van der Waals surface area contributed by atoms with E-state index in [-0.39, 0.29) is 0 Å². The lowest BCUT2D eigenvalue weighted by atomic mass is 10.2. The molecule has 0 bridgehead atoms. The summed E-state index contributed by atoms with van der Waals surface area (Å²) in [4.78, 5) is 15.8. The van der Waals surface area contributed by atoms with Crippen LogP contribution in [0.1, 0.15) is 10.5 Å². The number of rotatable bonds is 1. The van der Waals surface area contributed by atoms with Gasteiger partial charge < -0.3 is 14.0 Å². The summed E-state index contributed by atoms with van der Waals surface area (Å²) in [5.74, 6) is 1.11. The van der Waals surface area contributed by atoms with E-state index in [9.17, 15) is 4.79 Å². The summed E-state index contributed by atoms with van der Waals surface area (Å²) in [6.45, 7) is 1.22. The number of methoxy groups -OCH3 is 1. The summed E-state index contributed by atoms with van der Waals surface area (Å²) < 4.78 is 12.2. The van der Waals surface area contributed by atoms with Gasteiger partial charge in [-0.15, -0.1) is 0 Å². The third-order valence-corrected chi connectivity index (χ3v) is 2.89. The molecule has 0 unspecified atom stereocenters. The lowest BCUT2D eigenvalue weighted by molar-refractivity contribution is 0.0594. The van der Waals surface area contributed by atoms with Crippen LogP contribution in [0.5, 0.6) is 5.75 Å². The van der Waals surface area contributed by atoms with Crippen molar-refractivity contribution in [1.29, 1.82) is 0 Å². The van der Waals surface area contributed by atoms with Crippen LogP contribution in [0.25, 0.3) is 11.4 Å². The summed E-state index contributed by atoms with van der Waals surface area (Å²) in [6, 6.07) is 7.67. The number of benzene rings is 1. The van der Waals surface area contributed by atoms with E-state index >= 15 is 0 Å². The molecule has 0 aliphatic carbocycles. The molecule has 0 atom stereocenters. The molecule has 0 radical (unpaired) electrons. The highest BCUT2D eigenvalue weighted by Crippen LogP contribution is 2.31. The number of carbonyl (C=O) groups is 1. The van der Waals surface area contributed by atoms with E-state index < -0.39 is 5.97 Å². The molecule has 1 aliphatic rings. The molecule has 1 aliphatic heterocycles. The van der Waals surface area contributed by atoms with Crippen molar-refractivity contribution in [2.75, 3.05) is 13.7 Å².